The number of cyclic esters (lactones) is 1. The van der Waals surface area contributed by atoms with Crippen LogP contribution in [0.5, 0.6) is 0 Å². The summed E-state index contributed by atoms with van der Waals surface area (Å²) in [6.07, 6.45) is -1.57. The monoisotopic (exact) mass is 394 g/mol. The summed E-state index contributed by atoms with van der Waals surface area (Å²) in [6.45, 7) is 0.107. The van der Waals surface area contributed by atoms with E-state index >= 15 is 0 Å². The number of carbonyl (C=O) groups excluding carboxylic acids is 2. The second kappa shape index (κ2) is 7.21. The summed E-state index contributed by atoms with van der Waals surface area (Å²) in [6, 6.07) is 2.78. The summed E-state index contributed by atoms with van der Waals surface area (Å²) in [5.74, 6) is -0.611. The van der Waals surface area contributed by atoms with Crippen LogP contribution in [0, 0.1) is 5.82 Å². The van der Waals surface area contributed by atoms with Crippen molar-refractivity contribution in [1.29, 1.82) is 0 Å². The zero-order valence-corrected chi connectivity index (χ0v) is 15.4. The highest BCUT2D eigenvalue weighted by Gasteiger charge is 2.48. The van der Waals surface area contributed by atoms with Crippen LogP contribution < -0.4 is 10.2 Å². The van der Waals surface area contributed by atoms with E-state index in [1.165, 1.54) is 18.1 Å². The molecule has 28 heavy (non-hydrogen) atoms. The number of nitrogens with zero attached hydrogens (tertiary/aromatic N) is 1. The van der Waals surface area contributed by atoms with Crippen molar-refractivity contribution in [3.63, 3.8) is 0 Å². The van der Waals surface area contributed by atoms with Crippen molar-refractivity contribution in [3.8, 4) is 0 Å². The fourth-order valence-electron chi connectivity index (χ4n) is 4.47. The first-order valence-electron chi connectivity index (χ1n) is 9.39. The Morgan fingerprint density at radius 1 is 1.36 bits per heavy atom. The molecule has 1 aromatic carbocycles. The van der Waals surface area contributed by atoms with Gasteiger partial charge in [-0.3, -0.25) is 4.90 Å². The first-order valence-corrected chi connectivity index (χ1v) is 9.39. The number of amides is 2. The van der Waals surface area contributed by atoms with E-state index in [2.05, 4.69) is 10.1 Å². The number of hydrogen-bond acceptors (Lipinski definition) is 6. The van der Waals surface area contributed by atoms with E-state index in [-0.39, 0.29) is 18.5 Å². The molecule has 5 atom stereocenters. The largest absolute Gasteiger partial charge is 0.453 e. The molecule has 1 aliphatic carbocycles. The maximum Gasteiger partial charge on any atom is 0.415 e. The minimum Gasteiger partial charge on any atom is -0.453 e. The number of anilines is 1. The van der Waals surface area contributed by atoms with Crippen LogP contribution in [0.1, 0.15) is 36.3 Å². The van der Waals surface area contributed by atoms with Crippen molar-refractivity contribution in [2.24, 2.45) is 0 Å². The highest BCUT2D eigenvalue weighted by Crippen LogP contribution is 2.43. The number of fused-ring (bicyclic) bond motifs is 3. The average molecular weight is 394 g/mol. The topological polar surface area (TPSA) is 108 Å². The van der Waals surface area contributed by atoms with Crippen molar-refractivity contribution in [1.82, 2.24) is 5.32 Å². The maximum atomic E-state index is 14.8. The molecule has 2 amide bonds. The Morgan fingerprint density at radius 2 is 2.14 bits per heavy atom. The van der Waals surface area contributed by atoms with Crippen molar-refractivity contribution >= 4 is 17.9 Å². The van der Waals surface area contributed by atoms with E-state index in [4.69, 9.17) is 4.74 Å². The van der Waals surface area contributed by atoms with Crippen LogP contribution >= 0.6 is 0 Å². The summed E-state index contributed by atoms with van der Waals surface area (Å²) in [7, 11) is 1.25. The predicted octanol–water partition coefficient (Wildman–Crippen LogP) is 1.42. The summed E-state index contributed by atoms with van der Waals surface area (Å²) >= 11 is 0. The normalized spacial score (nSPS) is 31.2. The summed E-state index contributed by atoms with van der Waals surface area (Å²) < 4.78 is 24.7. The number of nitrogens with one attached hydrogen (secondary N) is 1. The molecule has 3 aliphatic rings. The number of rotatable bonds is 3. The van der Waals surface area contributed by atoms with Gasteiger partial charge in [-0.15, -0.1) is 0 Å². The molecule has 0 radical (unpaired) electrons. The van der Waals surface area contributed by atoms with Gasteiger partial charge in [0.1, 0.15) is 11.9 Å². The Bertz CT molecular complexity index is 803. The first-order chi connectivity index (χ1) is 13.4. The van der Waals surface area contributed by atoms with Crippen molar-refractivity contribution in [3.05, 3.63) is 29.1 Å². The lowest BCUT2D eigenvalue weighted by molar-refractivity contribution is -0.0152. The molecule has 9 heteroatoms. The molecule has 8 nitrogen and oxygen atoms in total. The highest BCUT2D eigenvalue weighted by molar-refractivity contribution is 5.94. The SMILES string of the molecule is COC(=O)NC[C@@H]1OC(=O)N2c3cc(F)c(C4CC[C@@H](O)[C@@H](O)C4)cc3C[C@@H]12. The average Bonchev–Trinajstić information content (AvgIpc) is 3.18. The molecular weight excluding hydrogens is 371 g/mol. The van der Waals surface area contributed by atoms with E-state index < -0.39 is 36.3 Å². The third-order valence-electron chi connectivity index (χ3n) is 5.95. The molecule has 3 N–H and O–H groups in total. The molecule has 2 fully saturated rings. The molecular formula is C19H23FN2O6. The van der Waals surface area contributed by atoms with Crippen LogP contribution in [-0.2, 0) is 15.9 Å². The van der Waals surface area contributed by atoms with Gasteiger partial charge in [0.2, 0.25) is 0 Å². The third-order valence-corrected chi connectivity index (χ3v) is 5.95. The van der Waals surface area contributed by atoms with Crippen LogP contribution in [0.25, 0.3) is 0 Å². The fourth-order valence-corrected chi connectivity index (χ4v) is 4.47. The Morgan fingerprint density at radius 3 is 2.86 bits per heavy atom. The number of hydrogen-bond donors (Lipinski definition) is 3. The van der Waals surface area contributed by atoms with E-state index in [0.717, 1.165) is 5.56 Å². The van der Waals surface area contributed by atoms with Crippen LogP contribution in [0.3, 0.4) is 0 Å². The Balaban J connectivity index is 1.55. The van der Waals surface area contributed by atoms with Gasteiger partial charge in [-0.1, -0.05) is 6.07 Å². The molecule has 1 saturated heterocycles. The quantitative estimate of drug-likeness (QED) is 0.716. The number of methoxy groups -OCH3 is 1. The number of benzene rings is 1. The van der Waals surface area contributed by atoms with E-state index in [1.54, 1.807) is 6.07 Å². The van der Waals surface area contributed by atoms with Gasteiger partial charge in [-0.25, -0.2) is 14.0 Å². The van der Waals surface area contributed by atoms with Crippen molar-refractivity contribution in [2.75, 3.05) is 18.6 Å². The van der Waals surface area contributed by atoms with Crippen molar-refractivity contribution in [2.45, 2.75) is 56.0 Å². The van der Waals surface area contributed by atoms with E-state index in [1.807, 2.05) is 0 Å². The van der Waals surface area contributed by atoms with Gasteiger partial charge in [0, 0.05) is 0 Å². The number of aliphatic hydroxyl groups is 2. The highest BCUT2D eigenvalue weighted by atomic mass is 19.1. The smallest absolute Gasteiger partial charge is 0.415 e. The van der Waals surface area contributed by atoms with E-state index in [9.17, 15) is 24.2 Å². The number of halogens is 1. The number of aliphatic hydroxyl groups excluding tert-OH is 2. The van der Waals surface area contributed by atoms with Crippen LogP contribution in [0.2, 0.25) is 0 Å². The molecule has 152 valence electrons. The molecule has 0 spiro atoms. The zero-order chi connectivity index (χ0) is 20.0. The van der Waals surface area contributed by atoms with Gasteiger partial charge in [-0.05, 0) is 48.8 Å². The van der Waals surface area contributed by atoms with E-state index in [0.29, 0.717) is 36.9 Å². The summed E-state index contributed by atoms with van der Waals surface area (Å²) in [5.41, 5.74) is 1.82. The molecule has 0 bridgehead atoms. The summed E-state index contributed by atoms with van der Waals surface area (Å²) in [5, 5.41) is 22.2. The van der Waals surface area contributed by atoms with Gasteiger partial charge >= 0.3 is 12.2 Å². The lowest BCUT2D eigenvalue weighted by Crippen LogP contribution is -2.40. The molecule has 2 aliphatic heterocycles. The molecule has 4 rings (SSSR count). The first kappa shape index (κ1) is 18.9. The number of alkyl carbamates (subject to hydrolysis) is 1. The zero-order valence-electron chi connectivity index (χ0n) is 15.4. The molecule has 1 unspecified atom stereocenters. The van der Waals surface area contributed by atoms with Crippen LogP contribution in [-0.4, -0.2) is 60.4 Å². The van der Waals surface area contributed by atoms with Crippen LogP contribution in [0.15, 0.2) is 12.1 Å². The Hall–Kier alpha value is -2.39. The molecule has 1 saturated carbocycles. The number of ether oxygens (including phenoxy) is 2. The van der Waals surface area contributed by atoms with Gasteiger partial charge in [0.15, 0.2) is 0 Å². The van der Waals surface area contributed by atoms with Crippen molar-refractivity contribution < 1.29 is 33.7 Å². The van der Waals surface area contributed by atoms with Gasteiger partial charge in [-0.2, -0.15) is 0 Å². The summed E-state index contributed by atoms with van der Waals surface area (Å²) in [4.78, 5) is 25.0. The second-order valence-corrected chi connectivity index (χ2v) is 7.58. The molecule has 0 aromatic heterocycles. The van der Waals surface area contributed by atoms with Gasteiger partial charge < -0.3 is 25.0 Å². The molecule has 1 aromatic rings. The van der Waals surface area contributed by atoms with Crippen LogP contribution in [0.4, 0.5) is 19.7 Å². The van der Waals surface area contributed by atoms with Gasteiger partial charge in [0.25, 0.3) is 0 Å². The fraction of sp³-hybridized carbons (Fsp3) is 0.579. The lowest BCUT2D eigenvalue weighted by atomic mass is 9.80. The minimum absolute atomic E-state index is 0.107. The van der Waals surface area contributed by atoms with Gasteiger partial charge in [0.05, 0.1) is 37.6 Å². The predicted molar refractivity (Wildman–Crippen MR) is 95.7 cm³/mol. The second-order valence-electron chi connectivity index (χ2n) is 7.58. The third kappa shape index (κ3) is 3.18. The maximum absolute atomic E-state index is 14.8. The Labute approximate surface area is 161 Å². The lowest BCUT2D eigenvalue weighted by Gasteiger charge is -2.30. The molecule has 2 heterocycles. The number of carbonyl (C=O) groups is 2. The minimum atomic E-state index is -0.863. The Kier molecular flexibility index (Phi) is 4.88. The standard InChI is InChI=1S/C19H23FN2O6/c1-27-18(25)21-8-17-14-5-10-4-11(9-2-3-15(23)16(24)6-9)12(20)7-13(10)22(14)19(26)28-17/h4,7,9,14-17,23-24H,2-3,5-6,8H2,1H3,(H,21,25)/t9?,14-,15+,16-,17-/m0/s1.